The molecule has 0 N–H and O–H groups in total. The van der Waals surface area contributed by atoms with Gasteiger partial charge in [-0.2, -0.15) is 13.2 Å². The number of halogens is 6. The molecule has 13 heavy (non-hydrogen) atoms. The van der Waals surface area contributed by atoms with Crippen LogP contribution in [0.2, 0.25) is 5.02 Å². The molecule has 0 fully saturated rings. The van der Waals surface area contributed by atoms with E-state index in [1.54, 1.807) is 0 Å². The molecular weight excluding hydrogens is 215 g/mol. The second kappa shape index (κ2) is 3.14. The fourth-order valence-electron chi connectivity index (χ4n) is 0.745. The molecule has 0 saturated carbocycles. The first-order valence-electron chi connectivity index (χ1n) is 3.04. The van der Waals surface area contributed by atoms with E-state index in [1.165, 1.54) is 0 Å². The Bertz CT molecular complexity index is 330. The second-order valence-electron chi connectivity index (χ2n) is 2.22. The maximum absolute atomic E-state index is 12.7. The van der Waals surface area contributed by atoms with Crippen LogP contribution in [-0.4, -0.2) is 0 Å². The Morgan fingerprint density at radius 3 is 2.08 bits per heavy atom. The topological polar surface area (TPSA) is 0 Å². The lowest BCUT2D eigenvalue weighted by Crippen LogP contribution is -2.08. The average Bonchev–Trinajstić information content (AvgIpc) is 1.98. The van der Waals surface area contributed by atoms with E-state index >= 15 is 0 Å². The van der Waals surface area contributed by atoms with E-state index in [2.05, 4.69) is 0 Å². The summed E-state index contributed by atoms with van der Waals surface area (Å²) in [6.45, 7) is 0. The molecule has 1 aromatic carbocycles. The molecule has 0 unspecified atom stereocenters. The number of hydrogen-bond donors (Lipinski definition) is 0. The Hall–Kier alpha value is -0.840. The summed E-state index contributed by atoms with van der Waals surface area (Å²) in [4.78, 5) is 0. The zero-order valence-electron chi connectivity index (χ0n) is 5.92. The number of rotatable bonds is 0. The van der Waals surface area contributed by atoms with Gasteiger partial charge in [0.25, 0.3) is 0 Å². The van der Waals surface area contributed by atoms with Crippen LogP contribution >= 0.6 is 11.6 Å². The largest absolute Gasteiger partial charge is 0.419 e. The third-order valence-electron chi connectivity index (χ3n) is 1.34. The van der Waals surface area contributed by atoms with E-state index in [0.29, 0.717) is 12.1 Å². The summed E-state index contributed by atoms with van der Waals surface area (Å²) in [7, 11) is 0. The first-order valence-corrected chi connectivity index (χ1v) is 3.42. The predicted octanol–water partition coefficient (Wildman–Crippen LogP) is 3.64. The Kier molecular flexibility index (Phi) is 2.47. The van der Waals surface area contributed by atoms with Gasteiger partial charge in [-0.05, 0) is 12.1 Å². The molecule has 0 nitrogen and oxygen atoms in total. The third kappa shape index (κ3) is 1.91. The van der Waals surface area contributed by atoms with Crippen molar-refractivity contribution in [3.8, 4) is 0 Å². The van der Waals surface area contributed by atoms with Crippen molar-refractivity contribution < 1.29 is 22.0 Å². The van der Waals surface area contributed by atoms with Crippen LogP contribution < -0.4 is 0 Å². The lowest BCUT2D eigenvalue weighted by Gasteiger charge is -2.08. The first kappa shape index (κ1) is 10.2. The highest BCUT2D eigenvalue weighted by Crippen LogP contribution is 2.34. The van der Waals surface area contributed by atoms with Crippen molar-refractivity contribution in [2.45, 2.75) is 6.18 Å². The highest BCUT2D eigenvalue weighted by molar-refractivity contribution is 6.30. The van der Waals surface area contributed by atoms with Crippen LogP contribution in [-0.2, 0) is 6.18 Å². The summed E-state index contributed by atoms with van der Waals surface area (Å²) in [5.74, 6) is -3.00. The van der Waals surface area contributed by atoms with Crippen molar-refractivity contribution in [2.75, 3.05) is 0 Å². The van der Waals surface area contributed by atoms with Gasteiger partial charge in [-0.25, -0.2) is 8.78 Å². The van der Waals surface area contributed by atoms with Crippen LogP contribution in [0.25, 0.3) is 0 Å². The first-order chi connectivity index (χ1) is 5.84. The van der Waals surface area contributed by atoms with Gasteiger partial charge in [0.2, 0.25) is 0 Å². The maximum atomic E-state index is 12.7. The highest BCUT2D eigenvalue weighted by atomic mass is 35.5. The SMILES string of the molecule is Fc1ccc(C(F)(F)F)c(F)c1Cl. The summed E-state index contributed by atoms with van der Waals surface area (Å²) < 4.78 is 60.9. The number of hydrogen-bond acceptors (Lipinski definition) is 0. The average molecular weight is 217 g/mol. The van der Waals surface area contributed by atoms with E-state index in [-0.39, 0.29) is 0 Å². The summed E-state index contributed by atoms with van der Waals surface area (Å²) >= 11 is 4.94. The lowest BCUT2D eigenvalue weighted by atomic mass is 10.2. The van der Waals surface area contributed by atoms with Gasteiger partial charge in [0.1, 0.15) is 10.8 Å². The molecule has 0 aromatic heterocycles. The van der Waals surface area contributed by atoms with Crippen molar-refractivity contribution in [1.29, 1.82) is 0 Å². The van der Waals surface area contributed by atoms with Crippen molar-refractivity contribution in [1.82, 2.24) is 0 Å². The monoisotopic (exact) mass is 216 g/mol. The molecule has 0 saturated heterocycles. The van der Waals surface area contributed by atoms with Crippen LogP contribution in [0.4, 0.5) is 22.0 Å². The molecule has 0 bridgehead atoms. The molecule has 0 atom stereocenters. The third-order valence-corrected chi connectivity index (χ3v) is 1.69. The minimum absolute atomic E-state index is 0.302. The standard InChI is InChI=1S/C7H2ClF5/c8-5-4(9)2-1-3(6(5)10)7(11,12)13/h1-2H. The molecule has 0 aliphatic rings. The molecule has 6 heteroatoms. The predicted molar refractivity (Wildman–Crippen MR) is 36.4 cm³/mol. The Morgan fingerprint density at radius 2 is 1.62 bits per heavy atom. The van der Waals surface area contributed by atoms with E-state index in [4.69, 9.17) is 11.6 Å². The van der Waals surface area contributed by atoms with Crippen LogP contribution in [0, 0.1) is 11.6 Å². The molecule has 1 rings (SSSR count). The zero-order valence-corrected chi connectivity index (χ0v) is 6.68. The van der Waals surface area contributed by atoms with Gasteiger partial charge >= 0.3 is 6.18 Å². The van der Waals surface area contributed by atoms with E-state index < -0.39 is 28.4 Å². The normalized spacial score (nSPS) is 11.8. The summed E-state index contributed by atoms with van der Waals surface area (Å²) in [5, 5.41) is -1.14. The van der Waals surface area contributed by atoms with E-state index in [9.17, 15) is 22.0 Å². The second-order valence-corrected chi connectivity index (χ2v) is 2.60. The van der Waals surface area contributed by atoms with Gasteiger partial charge in [-0.15, -0.1) is 0 Å². The molecular formula is C7H2ClF5. The van der Waals surface area contributed by atoms with Crippen molar-refractivity contribution >= 4 is 11.6 Å². The molecule has 1 aromatic rings. The highest BCUT2D eigenvalue weighted by Gasteiger charge is 2.35. The summed E-state index contributed by atoms with van der Waals surface area (Å²) in [6, 6.07) is 0.769. The van der Waals surface area contributed by atoms with Crippen LogP contribution in [0.5, 0.6) is 0 Å². The van der Waals surface area contributed by atoms with Crippen LogP contribution in [0.3, 0.4) is 0 Å². The smallest absolute Gasteiger partial charge is 0.205 e. The summed E-state index contributed by atoms with van der Waals surface area (Å²) in [6.07, 6.45) is -4.86. The molecule has 0 amide bonds. The van der Waals surface area contributed by atoms with E-state index in [0.717, 1.165) is 0 Å². The molecule has 0 aliphatic carbocycles. The van der Waals surface area contributed by atoms with Gasteiger partial charge in [0, 0.05) is 0 Å². The Morgan fingerprint density at radius 1 is 1.08 bits per heavy atom. The number of alkyl halides is 3. The van der Waals surface area contributed by atoms with E-state index in [1.807, 2.05) is 0 Å². The Labute approximate surface area is 74.9 Å². The van der Waals surface area contributed by atoms with Crippen molar-refractivity contribution in [3.63, 3.8) is 0 Å². The van der Waals surface area contributed by atoms with Gasteiger partial charge in [0.15, 0.2) is 5.82 Å². The van der Waals surface area contributed by atoms with Gasteiger partial charge in [-0.1, -0.05) is 11.6 Å². The molecule has 72 valence electrons. The summed E-state index contributed by atoms with van der Waals surface area (Å²) in [5.41, 5.74) is -1.57. The van der Waals surface area contributed by atoms with Crippen molar-refractivity contribution in [2.24, 2.45) is 0 Å². The molecule has 0 radical (unpaired) electrons. The molecule has 0 heterocycles. The van der Waals surface area contributed by atoms with Gasteiger partial charge < -0.3 is 0 Å². The van der Waals surface area contributed by atoms with Crippen molar-refractivity contribution in [3.05, 3.63) is 34.4 Å². The van der Waals surface area contributed by atoms with Gasteiger partial charge in [-0.3, -0.25) is 0 Å². The minimum Gasteiger partial charge on any atom is -0.205 e. The molecule has 0 aliphatic heterocycles. The van der Waals surface area contributed by atoms with Gasteiger partial charge in [0.05, 0.1) is 5.56 Å². The maximum Gasteiger partial charge on any atom is 0.419 e. The fraction of sp³-hybridized carbons (Fsp3) is 0.143. The minimum atomic E-state index is -4.86. The number of benzene rings is 1. The quantitative estimate of drug-likeness (QED) is 0.459. The van der Waals surface area contributed by atoms with Crippen LogP contribution in [0.1, 0.15) is 5.56 Å². The lowest BCUT2D eigenvalue weighted by molar-refractivity contribution is -0.140. The van der Waals surface area contributed by atoms with Crippen LogP contribution in [0.15, 0.2) is 12.1 Å². The Balaban J connectivity index is 3.35. The fourth-order valence-corrected chi connectivity index (χ4v) is 0.910. The zero-order chi connectivity index (χ0) is 10.2. The molecule has 0 spiro atoms.